The maximum atomic E-state index is 10.6. The van der Waals surface area contributed by atoms with E-state index in [1.807, 2.05) is 56.4 Å². The van der Waals surface area contributed by atoms with Gasteiger partial charge in [0.05, 0.1) is 20.6 Å². The molecule has 3 N–H and O–H groups in total. The third-order valence-electron chi connectivity index (χ3n) is 3.57. The van der Waals surface area contributed by atoms with E-state index in [-0.39, 0.29) is 12.2 Å². The first kappa shape index (κ1) is 27.3. The Hall–Kier alpha value is -3.74. The van der Waals surface area contributed by atoms with Gasteiger partial charge >= 0.3 is 5.97 Å². The third kappa shape index (κ3) is 11.8. The number of aromatic hydroxyl groups is 1. The van der Waals surface area contributed by atoms with E-state index in [2.05, 4.69) is 0 Å². The number of hydrogen-bond donors (Lipinski definition) is 3. The lowest BCUT2D eigenvalue weighted by Gasteiger charge is -2.07. The summed E-state index contributed by atoms with van der Waals surface area (Å²) in [5, 5.41) is 25.4. The van der Waals surface area contributed by atoms with Crippen molar-refractivity contribution in [3.8, 4) is 17.2 Å². The van der Waals surface area contributed by atoms with E-state index < -0.39 is 11.9 Å². The van der Waals surface area contributed by atoms with Crippen molar-refractivity contribution in [3.05, 3.63) is 65.2 Å². The van der Waals surface area contributed by atoms with Crippen LogP contribution in [0.3, 0.4) is 0 Å². The predicted octanol–water partition coefficient (Wildman–Crippen LogP) is 4.88. The number of rotatable bonds is 6. The third-order valence-corrected chi connectivity index (χ3v) is 3.57. The second kappa shape index (κ2) is 15.1. The van der Waals surface area contributed by atoms with Gasteiger partial charge < -0.3 is 24.8 Å². The van der Waals surface area contributed by atoms with Crippen molar-refractivity contribution in [2.24, 2.45) is 0 Å². The van der Waals surface area contributed by atoms with E-state index in [1.165, 1.54) is 7.11 Å². The molecule has 0 saturated carbocycles. The second-order valence-corrected chi connectivity index (χ2v) is 6.09. The fourth-order valence-electron chi connectivity index (χ4n) is 2.36. The summed E-state index contributed by atoms with van der Waals surface area (Å²) in [5.74, 6) is -0.392. The van der Waals surface area contributed by atoms with Gasteiger partial charge in [-0.15, -0.1) is 0 Å². The zero-order chi connectivity index (χ0) is 23.8. The number of phenolic OH excluding ortho intramolecular Hbond substituents is 1. The summed E-state index contributed by atoms with van der Waals surface area (Å²) >= 11 is 0. The van der Waals surface area contributed by atoms with Crippen LogP contribution < -0.4 is 9.47 Å². The molecule has 0 aliphatic rings. The largest absolute Gasteiger partial charge is 0.504 e. The number of carbonyl (C=O) groups is 2. The maximum Gasteiger partial charge on any atom is 0.307 e. The molecule has 7 nitrogen and oxygen atoms in total. The number of aliphatic carboxylic acids is 2. The number of hydrogen-bond acceptors (Lipinski definition) is 5. The minimum absolute atomic E-state index is 0.0146. The number of carboxylic acids is 2. The maximum absolute atomic E-state index is 10.6. The Morgan fingerprint density at radius 3 is 1.74 bits per heavy atom. The zero-order valence-corrected chi connectivity index (χ0v) is 18.5. The molecule has 0 spiro atoms. The van der Waals surface area contributed by atoms with Crippen molar-refractivity contribution in [2.45, 2.75) is 27.2 Å². The molecule has 2 aromatic rings. The molecular weight excluding hydrogens is 400 g/mol. The number of methoxy groups -OCH3 is 2. The topological polar surface area (TPSA) is 113 Å². The molecule has 0 heterocycles. The number of ether oxygens (including phenoxy) is 2. The Morgan fingerprint density at radius 1 is 0.871 bits per heavy atom. The summed E-state index contributed by atoms with van der Waals surface area (Å²) in [7, 11) is 3.08. The summed E-state index contributed by atoms with van der Waals surface area (Å²) in [6, 6.07) is 10.7. The Kier molecular flexibility index (Phi) is 13.3. The molecule has 31 heavy (non-hydrogen) atoms. The first-order valence-electron chi connectivity index (χ1n) is 9.39. The van der Waals surface area contributed by atoms with Crippen LogP contribution in [0.2, 0.25) is 0 Å². The average molecular weight is 430 g/mol. The first-order valence-corrected chi connectivity index (χ1v) is 9.39. The van der Waals surface area contributed by atoms with Gasteiger partial charge in [-0.25, -0.2) is 0 Å². The van der Waals surface area contributed by atoms with Crippen LogP contribution in [0.5, 0.6) is 17.2 Å². The molecule has 0 bridgehead atoms. The highest BCUT2D eigenvalue weighted by atomic mass is 16.5. The zero-order valence-electron chi connectivity index (χ0n) is 18.5. The fourth-order valence-corrected chi connectivity index (χ4v) is 2.36. The van der Waals surface area contributed by atoms with Crippen LogP contribution in [0.25, 0.3) is 12.2 Å². The predicted molar refractivity (Wildman–Crippen MR) is 122 cm³/mol. The van der Waals surface area contributed by atoms with Gasteiger partial charge in [-0.2, -0.15) is 0 Å². The van der Waals surface area contributed by atoms with Crippen molar-refractivity contribution >= 4 is 24.1 Å². The van der Waals surface area contributed by atoms with Crippen LogP contribution in [0, 0.1) is 0 Å². The number of benzene rings is 2. The van der Waals surface area contributed by atoms with E-state index in [0.29, 0.717) is 17.1 Å². The van der Waals surface area contributed by atoms with Crippen molar-refractivity contribution in [1.82, 2.24) is 0 Å². The summed E-state index contributed by atoms with van der Waals surface area (Å²) in [4.78, 5) is 19.6. The number of allylic oxidation sites excluding steroid dienone is 2. The molecule has 0 amide bonds. The lowest BCUT2D eigenvalue weighted by Crippen LogP contribution is -2.02. The van der Waals surface area contributed by atoms with Crippen molar-refractivity contribution in [1.29, 1.82) is 0 Å². The molecule has 0 aliphatic carbocycles. The molecular formula is C24H30O7. The van der Waals surface area contributed by atoms with Gasteiger partial charge in [-0.1, -0.05) is 42.5 Å². The summed E-state index contributed by atoms with van der Waals surface area (Å²) in [5.41, 5.74) is 2.72. The number of phenols is 1. The SMILES string of the molecule is CC(=O)O.CC=Cc1ccc(CC(=O)O)c(OC)c1.CC=Cc1ccc(O)c(OC)c1. The minimum Gasteiger partial charge on any atom is -0.504 e. The molecule has 2 aromatic carbocycles. The molecule has 0 saturated heterocycles. The molecule has 0 unspecified atom stereocenters. The lowest BCUT2D eigenvalue weighted by molar-refractivity contribution is -0.136. The Morgan fingerprint density at radius 2 is 1.32 bits per heavy atom. The fraction of sp³-hybridized carbons (Fsp3) is 0.250. The quantitative estimate of drug-likeness (QED) is 0.598. The second-order valence-electron chi connectivity index (χ2n) is 6.09. The standard InChI is InChI=1S/C12H14O3.C10H12O2.C2H4O2/c1-3-4-9-5-6-10(8-12(13)14)11(7-9)15-2;1-3-4-8-5-6-9(11)10(7-8)12-2;1-2(3)4/h3-7H,8H2,1-2H3,(H,13,14);3-7,11H,1-2H3;1H3,(H,3,4). The molecule has 0 fully saturated rings. The Balaban J connectivity index is 0.000000504. The highest BCUT2D eigenvalue weighted by Crippen LogP contribution is 2.26. The van der Waals surface area contributed by atoms with Crippen LogP contribution >= 0.6 is 0 Å². The van der Waals surface area contributed by atoms with Crippen molar-refractivity contribution < 1.29 is 34.4 Å². The monoisotopic (exact) mass is 430 g/mol. The lowest BCUT2D eigenvalue weighted by atomic mass is 10.1. The first-order chi connectivity index (χ1) is 14.7. The van der Waals surface area contributed by atoms with Crippen LogP contribution in [-0.4, -0.2) is 41.5 Å². The van der Waals surface area contributed by atoms with Crippen molar-refractivity contribution in [3.63, 3.8) is 0 Å². The van der Waals surface area contributed by atoms with Gasteiger partial charge in [0.2, 0.25) is 0 Å². The normalized spacial score (nSPS) is 9.97. The molecule has 7 heteroatoms. The molecule has 0 aromatic heterocycles. The van der Waals surface area contributed by atoms with Crippen LogP contribution in [0.15, 0.2) is 48.6 Å². The van der Waals surface area contributed by atoms with E-state index in [9.17, 15) is 9.90 Å². The smallest absolute Gasteiger partial charge is 0.307 e. The van der Waals surface area contributed by atoms with E-state index in [1.54, 1.807) is 25.3 Å². The summed E-state index contributed by atoms with van der Waals surface area (Å²) in [6.07, 6.45) is 7.73. The van der Waals surface area contributed by atoms with E-state index in [4.69, 9.17) is 24.5 Å². The van der Waals surface area contributed by atoms with E-state index >= 15 is 0 Å². The van der Waals surface area contributed by atoms with Gasteiger partial charge in [0.15, 0.2) is 11.5 Å². The molecule has 0 atom stereocenters. The van der Waals surface area contributed by atoms with Crippen LogP contribution in [0.1, 0.15) is 37.5 Å². The molecule has 0 aliphatic heterocycles. The van der Waals surface area contributed by atoms with Crippen molar-refractivity contribution in [2.75, 3.05) is 14.2 Å². The average Bonchev–Trinajstić information content (AvgIpc) is 2.70. The highest BCUT2D eigenvalue weighted by molar-refractivity contribution is 5.72. The van der Waals surface area contributed by atoms with Crippen LogP contribution in [0.4, 0.5) is 0 Å². The van der Waals surface area contributed by atoms with Gasteiger partial charge in [-0.3, -0.25) is 9.59 Å². The van der Waals surface area contributed by atoms with Crippen LogP contribution in [-0.2, 0) is 16.0 Å². The van der Waals surface area contributed by atoms with Gasteiger partial charge in [-0.05, 0) is 43.2 Å². The van der Waals surface area contributed by atoms with Gasteiger partial charge in [0, 0.05) is 12.5 Å². The van der Waals surface area contributed by atoms with Gasteiger partial charge in [0.1, 0.15) is 5.75 Å². The molecule has 0 radical (unpaired) electrons. The van der Waals surface area contributed by atoms with E-state index in [0.717, 1.165) is 18.1 Å². The Labute approximate surface area is 182 Å². The molecule has 168 valence electrons. The summed E-state index contributed by atoms with van der Waals surface area (Å²) < 4.78 is 10.1. The van der Waals surface area contributed by atoms with Gasteiger partial charge in [0.25, 0.3) is 5.97 Å². The summed E-state index contributed by atoms with van der Waals surface area (Å²) in [6.45, 7) is 4.96. The molecule has 2 rings (SSSR count). The highest BCUT2D eigenvalue weighted by Gasteiger charge is 2.07. The minimum atomic E-state index is -0.855. The number of carboxylic acid groups (broad SMARTS) is 2. The Bertz CT molecular complexity index is 895.